The van der Waals surface area contributed by atoms with Crippen LogP contribution in [0.15, 0.2) is 51.2 Å². The summed E-state index contributed by atoms with van der Waals surface area (Å²) in [6, 6.07) is 8.59. The highest BCUT2D eigenvalue weighted by molar-refractivity contribution is 5.95. The second kappa shape index (κ2) is 6.84. The lowest BCUT2D eigenvalue weighted by Crippen LogP contribution is -2.58. The van der Waals surface area contributed by atoms with E-state index in [1.54, 1.807) is 18.2 Å². The van der Waals surface area contributed by atoms with Crippen molar-refractivity contribution < 1.29 is 19.1 Å². The number of allylic oxidation sites excluding steroid dienone is 1. The third-order valence-electron chi connectivity index (χ3n) is 7.23. The Morgan fingerprint density at radius 1 is 1.17 bits per heavy atom. The van der Waals surface area contributed by atoms with E-state index < -0.39 is 17.1 Å². The van der Waals surface area contributed by atoms with Gasteiger partial charge in [0.15, 0.2) is 5.78 Å². The van der Waals surface area contributed by atoms with Crippen molar-refractivity contribution in [1.82, 2.24) is 0 Å². The standard InChI is InChI=1S/C24H28O5/c1-14-11-18(25)22-23(2,3)20(26)9-10-24(22,4)17(14)13-28-16-7-5-15-6-8-21(27)29-19(15)12-16/h5-8,11-12,17,20,22,26H,9-10,13H2,1-4H3/t17-,20?,22?,24+/m1/s1. The van der Waals surface area contributed by atoms with Gasteiger partial charge in [0.2, 0.25) is 0 Å². The van der Waals surface area contributed by atoms with Crippen LogP contribution in [-0.2, 0) is 4.79 Å². The van der Waals surface area contributed by atoms with E-state index in [-0.39, 0.29) is 23.0 Å². The number of hydrogen-bond donors (Lipinski definition) is 1. The first-order valence-corrected chi connectivity index (χ1v) is 10.2. The molecular formula is C24H28O5. The van der Waals surface area contributed by atoms with Crippen molar-refractivity contribution in [3.8, 4) is 5.75 Å². The molecule has 5 heteroatoms. The van der Waals surface area contributed by atoms with Crippen molar-refractivity contribution in [3.63, 3.8) is 0 Å². The highest BCUT2D eigenvalue weighted by Gasteiger charge is 2.58. The van der Waals surface area contributed by atoms with Crippen LogP contribution in [0.3, 0.4) is 0 Å². The number of ketones is 1. The molecule has 0 radical (unpaired) electrons. The topological polar surface area (TPSA) is 76.7 Å². The summed E-state index contributed by atoms with van der Waals surface area (Å²) in [7, 11) is 0. The molecule has 4 atom stereocenters. The number of benzene rings is 1. The molecule has 2 aromatic rings. The van der Waals surface area contributed by atoms with E-state index in [2.05, 4.69) is 6.92 Å². The maximum absolute atomic E-state index is 12.9. The van der Waals surface area contributed by atoms with Gasteiger partial charge in [-0.25, -0.2) is 4.79 Å². The minimum absolute atomic E-state index is 0.0652. The molecule has 0 spiro atoms. The Balaban J connectivity index is 1.63. The van der Waals surface area contributed by atoms with Crippen LogP contribution in [0.25, 0.3) is 11.0 Å². The zero-order valence-corrected chi connectivity index (χ0v) is 17.4. The fourth-order valence-electron chi connectivity index (χ4n) is 5.63. The van der Waals surface area contributed by atoms with Crippen LogP contribution in [0, 0.1) is 22.7 Å². The van der Waals surface area contributed by atoms with Crippen LogP contribution < -0.4 is 10.4 Å². The maximum Gasteiger partial charge on any atom is 0.336 e. The predicted molar refractivity (Wildman–Crippen MR) is 111 cm³/mol. The number of aliphatic hydroxyl groups excluding tert-OH is 1. The molecular weight excluding hydrogens is 368 g/mol. The average Bonchev–Trinajstić information content (AvgIpc) is 2.64. The fraction of sp³-hybridized carbons (Fsp3) is 0.500. The maximum atomic E-state index is 12.9. The molecule has 2 aliphatic carbocycles. The SMILES string of the molecule is CC1=CC(=O)C2C(C)(C)C(O)CC[C@@]2(C)[C@@H]1COc1ccc2ccc(=O)oc2c1. The molecule has 2 unspecified atom stereocenters. The van der Waals surface area contributed by atoms with Gasteiger partial charge in [0.05, 0.1) is 12.7 Å². The molecule has 0 saturated heterocycles. The summed E-state index contributed by atoms with van der Waals surface area (Å²) in [5.41, 5.74) is 0.367. The zero-order chi connectivity index (χ0) is 21.0. The van der Waals surface area contributed by atoms with Crippen molar-refractivity contribution in [2.24, 2.45) is 22.7 Å². The lowest BCUT2D eigenvalue weighted by atomic mass is 9.47. The minimum atomic E-state index is -0.485. The number of rotatable bonds is 3. The summed E-state index contributed by atoms with van der Waals surface area (Å²) in [6.45, 7) is 8.57. The normalized spacial score (nSPS) is 31.3. The van der Waals surface area contributed by atoms with E-state index >= 15 is 0 Å². The summed E-state index contributed by atoms with van der Waals surface area (Å²) in [6.07, 6.45) is 2.71. The Kier molecular flexibility index (Phi) is 4.69. The van der Waals surface area contributed by atoms with Gasteiger partial charge in [0, 0.05) is 34.8 Å². The van der Waals surface area contributed by atoms with Gasteiger partial charge in [-0.3, -0.25) is 4.79 Å². The average molecular weight is 396 g/mol. The third kappa shape index (κ3) is 3.21. The number of fused-ring (bicyclic) bond motifs is 2. The van der Waals surface area contributed by atoms with Gasteiger partial charge in [0.25, 0.3) is 0 Å². The van der Waals surface area contributed by atoms with Crippen LogP contribution in [0.1, 0.15) is 40.5 Å². The van der Waals surface area contributed by atoms with Gasteiger partial charge in [-0.2, -0.15) is 0 Å². The Hall–Kier alpha value is -2.40. The van der Waals surface area contributed by atoms with Crippen molar-refractivity contribution >= 4 is 16.8 Å². The highest BCUT2D eigenvalue weighted by atomic mass is 16.5. The summed E-state index contributed by atoms with van der Waals surface area (Å²) in [5, 5.41) is 11.4. The van der Waals surface area contributed by atoms with Crippen LogP contribution in [-0.4, -0.2) is 23.6 Å². The number of hydrogen-bond acceptors (Lipinski definition) is 5. The predicted octanol–water partition coefficient (Wildman–Crippen LogP) is 4.12. The lowest BCUT2D eigenvalue weighted by Gasteiger charge is -2.57. The molecule has 0 aliphatic heterocycles. The third-order valence-corrected chi connectivity index (χ3v) is 7.23. The van der Waals surface area contributed by atoms with Gasteiger partial charge in [-0.15, -0.1) is 0 Å². The summed E-state index contributed by atoms with van der Waals surface area (Å²) in [4.78, 5) is 24.4. The summed E-state index contributed by atoms with van der Waals surface area (Å²) in [5.74, 6) is 0.561. The first kappa shape index (κ1) is 19.9. The fourth-order valence-corrected chi connectivity index (χ4v) is 5.63. The second-order valence-corrected chi connectivity index (χ2v) is 9.42. The van der Waals surface area contributed by atoms with Gasteiger partial charge < -0.3 is 14.3 Å². The number of carbonyl (C=O) groups is 1. The molecule has 1 saturated carbocycles. The van der Waals surface area contributed by atoms with Gasteiger partial charge >= 0.3 is 5.63 Å². The van der Waals surface area contributed by atoms with Crippen molar-refractivity contribution in [2.75, 3.05) is 6.61 Å². The Morgan fingerprint density at radius 2 is 1.90 bits per heavy atom. The molecule has 2 aliphatic rings. The number of ether oxygens (including phenoxy) is 1. The van der Waals surface area contributed by atoms with Gasteiger partial charge in [-0.05, 0) is 49.5 Å². The van der Waals surface area contributed by atoms with Crippen LogP contribution in [0.5, 0.6) is 5.75 Å². The number of carbonyl (C=O) groups excluding carboxylic acids is 1. The summed E-state index contributed by atoms with van der Waals surface area (Å²) >= 11 is 0. The van der Waals surface area contributed by atoms with E-state index in [0.717, 1.165) is 17.4 Å². The van der Waals surface area contributed by atoms with Crippen LogP contribution >= 0.6 is 0 Å². The minimum Gasteiger partial charge on any atom is -0.493 e. The second-order valence-electron chi connectivity index (χ2n) is 9.42. The van der Waals surface area contributed by atoms with Crippen molar-refractivity contribution in [1.29, 1.82) is 0 Å². The van der Waals surface area contributed by atoms with E-state index in [1.807, 2.05) is 32.9 Å². The Bertz CT molecular complexity index is 1050. The molecule has 1 N–H and O–H groups in total. The van der Waals surface area contributed by atoms with Crippen LogP contribution in [0.2, 0.25) is 0 Å². The van der Waals surface area contributed by atoms with E-state index in [4.69, 9.17) is 9.15 Å². The molecule has 0 bridgehead atoms. The van der Waals surface area contributed by atoms with Crippen molar-refractivity contribution in [2.45, 2.75) is 46.6 Å². The molecule has 0 amide bonds. The Morgan fingerprint density at radius 3 is 2.66 bits per heavy atom. The first-order valence-electron chi connectivity index (χ1n) is 10.2. The number of aliphatic hydroxyl groups is 1. The lowest BCUT2D eigenvalue weighted by molar-refractivity contribution is -0.152. The van der Waals surface area contributed by atoms with E-state index in [9.17, 15) is 14.7 Å². The molecule has 1 heterocycles. The summed E-state index contributed by atoms with van der Waals surface area (Å²) < 4.78 is 11.4. The quantitative estimate of drug-likeness (QED) is 0.790. The molecule has 4 rings (SSSR count). The highest BCUT2D eigenvalue weighted by Crippen LogP contribution is 2.58. The van der Waals surface area contributed by atoms with Crippen molar-refractivity contribution in [3.05, 3.63) is 52.4 Å². The zero-order valence-electron chi connectivity index (χ0n) is 17.4. The largest absolute Gasteiger partial charge is 0.493 e. The van der Waals surface area contributed by atoms with E-state index in [0.29, 0.717) is 24.4 Å². The molecule has 29 heavy (non-hydrogen) atoms. The van der Waals surface area contributed by atoms with Crippen LogP contribution in [0.4, 0.5) is 0 Å². The molecule has 5 nitrogen and oxygen atoms in total. The molecule has 1 aromatic heterocycles. The van der Waals surface area contributed by atoms with Gasteiger partial charge in [-0.1, -0.05) is 26.3 Å². The first-order chi connectivity index (χ1) is 13.6. The monoisotopic (exact) mass is 396 g/mol. The van der Waals surface area contributed by atoms with Gasteiger partial charge in [0.1, 0.15) is 11.3 Å². The smallest absolute Gasteiger partial charge is 0.336 e. The molecule has 1 aromatic carbocycles. The Labute approximate surface area is 170 Å². The molecule has 1 fully saturated rings. The molecule has 154 valence electrons. The van der Waals surface area contributed by atoms with E-state index in [1.165, 1.54) is 6.07 Å².